The van der Waals surface area contributed by atoms with Crippen molar-refractivity contribution in [1.29, 1.82) is 0 Å². The Morgan fingerprint density at radius 1 is 1.32 bits per heavy atom. The van der Waals surface area contributed by atoms with Crippen LogP contribution in [0.5, 0.6) is 0 Å². The van der Waals surface area contributed by atoms with Crippen molar-refractivity contribution in [2.75, 3.05) is 7.11 Å². The molecule has 0 aliphatic heterocycles. The maximum Gasteiger partial charge on any atom is 0.326 e. The molecule has 1 saturated carbocycles. The Balaban J connectivity index is 1.78. The Hall–Kier alpha value is -1.67. The van der Waals surface area contributed by atoms with Gasteiger partial charge in [0, 0.05) is 7.11 Å². The van der Waals surface area contributed by atoms with Crippen molar-refractivity contribution in [1.82, 2.24) is 9.55 Å². The van der Waals surface area contributed by atoms with Crippen LogP contribution in [0.25, 0.3) is 11.0 Å². The molecule has 1 aliphatic carbocycles. The van der Waals surface area contributed by atoms with Crippen molar-refractivity contribution in [3.63, 3.8) is 0 Å². The van der Waals surface area contributed by atoms with E-state index in [9.17, 15) is 13.6 Å². The van der Waals surface area contributed by atoms with Crippen molar-refractivity contribution in [2.45, 2.75) is 55.3 Å². The van der Waals surface area contributed by atoms with E-state index in [2.05, 4.69) is 4.98 Å². The average molecular weight is 370 g/mol. The van der Waals surface area contributed by atoms with Crippen molar-refractivity contribution in [2.24, 2.45) is 0 Å². The minimum Gasteiger partial charge on any atom is -0.458 e. The van der Waals surface area contributed by atoms with Crippen LogP contribution in [0.2, 0.25) is 0 Å². The second-order valence-corrected chi connectivity index (χ2v) is 6.89. The van der Waals surface area contributed by atoms with E-state index in [0.717, 1.165) is 25.7 Å². The Morgan fingerprint density at radius 3 is 2.76 bits per heavy atom. The summed E-state index contributed by atoms with van der Waals surface area (Å²) in [5.41, 5.74) is 1.21. The molecule has 1 heterocycles. The highest BCUT2D eigenvalue weighted by Crippen LogP contribution is 2.29. The molecule has 0 radical (unpaired) electrons. The molecule has 0 amide bonds. The predicted octanol–water partition coefficient (Wildman–Crippen LogP) is 3.85. The van der Waals surface area contributed by atoms with Gasteiger partial charge in [0.15, 0.2) is 5.16 Å². The number of carbonyl (C=O) groups excluding carboxylic acids is 1. The summed E-state index contributed by atoms with van der Waals surface area (Å²) < 4.78 is 38.1. The highest BCUT2D eigenvalue weighted by molar-refractivity contribution is 7.99. The van der Waals surface area contributed by atoms with Crippen LogP contribution in [0.1, 0.15) is 25.7 Å². The summed E-state index contributed by atoms with van der Waals surface area (Å²) in [7, 11) is 1.61. The minimum absolute atomic E-state index is 0.104. The third-order valence-electron chi connectivity index (χ3n) is 4.33. The number of ether oxygens (including phenoxy) is 2. The Bertz CT molecular complexity index is 738. The van der Waals surface area contributed by atoms with E-state index in [4.69, 9.17) is 9.47 Å². The van der Waals surface area contributed by atoms with E-state index in [0.29, 0.717) is 22.8 Å². The minimum atomic E-state index is -2.61. The van der Waals surface area contributed by atoms with Crippen LogP contribution < -0.4 is 0 Å². The molecule has 0 saturated heterocycles. The van der Waals surface area contributed by atoms with Crippen LogP contribution in [0.4, 0.5) is 8.78 Å². The molecule has 5 nitrogen and oxygen atoms in total. The largest absolute Gasteiger partial charge is 0.458 e. The van der Waals surface area contributed by atoms with Gasteiger partial charge in [-0.3, -0.25) is 4.79 Å². The van der Waals surface area contributed by atoms with Crippen molar-refractivity contribution in [3.8, 4) is 0 Å². The molecule has 3 rings (SSSR count). The molecule has 1 fully saturated rings. The molecule has 25 heavy (non-hydrogen) atoms. The maximum absolute atomic E-state index is 12.8. The second-order valence-electron chi connectivity index (χ2n) is 5.93. The smallest absolute Gasteiger partial charge is 0.326 e. The van der Waals surface area contributed by atoms with Gasteiger partial charge in [0.2, 0.25) is 0 Å². The Morgan fingerprint density at radius 2 is 2.04 bits per heavy atom. The van der Waals surface area contributed by atoms with Gasteiger partial charge in [-0.05, 0) is 43.2 Å². The van der Waals surface area contributed by atoms with Crippen molar-refractivity contribution in [3.05, 3.63) is 24.3 Å². The molecule has 0 N–H and O–H groups in total. The molecule has 1 aliphatic rings. The fourth-order valence-corrected chi connectivity index (χ4v) is 3.78. The Labute approximate surface area is 148 Å². The van der Waals surface area contributed by atoms with Gasteiger partial charge in [0.05, 0.1) is 17.1 Å². The SMILES string of the molecule is CO[C@@H]1CCCC[C@@H]1OC(=O)Cn1c(SC(F)F)nc2ccccc21. The number of esters is 1. The van der Waals surface area contributed by atoms with Crippen LogP contribution in [-0.2, 0) is 20.8 Å². The molecule has 0 spiro atoms. The standard InChI is InChI=1S/C17H20F2N2O3S/c1-23-13-8-4-5-9-14(13)24-15(22)10-21-12-7-3-2-6-11(12)20-17(21)25-16(18)19/h2-3,6-7,13-14,16H,4-5,8-10H2,1H3/t13-,14+/m1/s1. The summed E-state index contributed by atoms with van der Waals surface area (Å²) in [5, 5.41) is 0.111. The van der Waals surface area contributed by atoms with E-state index >= 15 is 0 Å². The number of nitrogens with zero attached hydrogens (tertiary/aromatic N) is 2. The first kappa shape index (κ1) is 18.1. The van der Waals surface area contributed by atoms with E-state index in [1.165, 1.54) is 4.57 Å². The van der Waals surface area contributed by atoms with Gasteiger partial charge in [0.25, 0.3) is 5.76 Å². The fourth-order valence-electron chi connectivity index (χ4n) is 3.18. The number of halogens is 2. The molecule has 0 bridgehead atoms. The summed E-state index contributed by atoms with van der Waals surface area (Å²) in [5.74, 6) is -3.07. The summed E-state index contributed by atoms with van der Waals surface area (Å²) in [4.78, 5) is 16.6. The zero-order chi connectivity index (χ0) is 17.8. The Kier molecular flexibility index (Phi) is 5.90. The molecule has 1 aromatic carbocycles. The van der Waals surface area contributed by atoms with Gasteiger partial charge in [-0.15, -0.1) is 0 Å². The van der Waals surface area contributed by atoms with Gasteiger partial charge >= 0.3 is 5.97 Å². The number of rotatable bonds is 6. The third-order valence-corrected chi connectivity index (χ3v) is 5.03. The quantitative estimate of drug-likeness (QED) is 0.571. The van der Waals surface area contributed by atoms with E-state index in [-0.39, 0.29) is 23.9 Å². The lowest BCUT2D eigenvalue weighted by atomic mass is 9.94. The van der Waals surface area contributed by atoms with E-state index < -0.39 is 11.7 Å². The molecular weight excluding hydrogens is 350 g/mol. The molecule has 2 aromatic rings. The lowest BCUT2D eigenvalue weighted by Crippen LogP contribution is -2.36. The van der Waals surface area contributed by atoms with Crippen molar-refractivity contribution >= 4 is 28.8 Å². The van der Waals surface area contributed by atoms with Crippen LogP contribution >= 0.6 is 11.8 Å². The number of thioether (sulfide) groups is 1. The number of carbonyl (C=O) groups is 1. The monoisotopic (exact) mass is 370 g/mol. The predicted molar refractivity (Wildman–Crippen MR) is 90.7 cm³/mol. The third kappa shape index (κ3) is 4.30. The maximum atomic E-state index is 12.8. The summed E-state index contributed by atoms with van der Waals surface area (Å²) >= 11 is 0.330. The zero-order valence-corrected chi connectivity index (χ0v) is 14.7. The fraction of sp³-hybridized carbons (Fsp3) is 0.529. The number of imidazole rings is 1. The first-order chi connectivity index (χ1) is 12.1. The lowest BCUT2D eigenvalue weighted by molar-refractivity contribution is -0.160. The van der Waals surface area contributed by atoms with Crippen LogP contribution in [0.15, 0.2) is 29.4 Å². The average Bonchev–Trinajstić information content (AvgIpc) is 2.92. The number of para-hydroxylation sites is 2. The number of methoxy groups -OCH3 is 1. The number of hydrogen-bond donors (Lipinski definition) is 0. The second kappa shape index (κ2) is 8.14. The number of aromatic nitrogens is 2. The zero-order valence-electron chi connectivity index (χ0n) is 13.9. The van der Waals surface area contributed by atoms with Crippen LogP contribution in [0.3, 0.4) is 0 Å². The number of hydrogen-bond acceptors (Lipinski definition) is 5. The highest BCUT2D eigenvalue weighted by atomic mass is 32.2. The first-order valence-corrected chi connectivity index (χ1v) is 9.09. The van der Waals surface area contributed by atoms with Crippen LogP contribution in [-0.4, -0.2) is 40.6 Å². The molecular formula is C17H20F2N2O3S. The summed E-state index contributed by atoms with van der Waals surface area (Å²) in [6.07, 6.45) is 3.26. The molecule has 8 heteroatoms. The molecule has 136 valence electrons. The number of benzene rings is 1. The normalized spacial score (nSPS) is 21.0. The molecule has 0 unspecified atom stereocenters. The number of fused-ring (bicyclic) bond motifs is 1. The number of alkyl halides is 2. The van der Waals surface area contributed by atoms with Gasteiger partial charge in [-0.2, -0.15) is 8.78 Å². The first-order valence-electron chi connectivity index (χ1n) is 8.21. The highest BCUT2D eigenvalue weighted by Gasteiger charge is 2.29. The van der Waals surface area contributed by atoms with E-state index in [1.54, 1.807) is 31.4 Å². The van der Waals surface area contributed by atoms with Gasteiger partial charge in [-0.25, -0.2) is 4.98 Å². The molecule has 2 atom stereocenters. The van der Waals surface area contributed by atoms with Crippen molar-refractivity contribution < 1.29 is 23.0 Å². The summed E-state index contributed by atoms with van der Waals surface area (Å²) in [6, 6.07) is 7.04. The van der Waals surface area contributed by atoms with Gasteiger partial charge in [-0.1, -0.05) is 18.6 Å². The lowest BCUT2D eigenvalue weighted by Gasteiger charge is -2.30. The van der Waals surface area contributed by atoms with Gasteiger partial charge < -0.3 is 14.0 Å². The molecule has 1 aromatic heterocycles. The van der Waals surface area contributed by atoms with E-state index in [1.807, 2.05) is 0 Å². The topological polar surface area (TPSA) is 53.4 Å². The van der Waals surface area contributed by atoms with Gasteiger partial charge in [0.1, 0.15) is 12.6 Å². The summed E-state index contributed by atoms with van der Waals surface area (Å²) in [6.45, 7) is -0.150. The van der Waals surface area contributed by atoms with Crippen LogP contribution in [0, 0.1) is 0 Å².